The molecule has 0 atom stereocenters. The number of urea groups is 1. The number of carbonyl (C=O) groups excluding carboxylic acids is 1. The van der Waals surface area contributed by atoms with E-state index in [0.29, 0.717) is 17.3 Å². The first-order valence-corrected chi connectivity index (χ1v) is 11.8. The molecule has 0 radical (unpaired) electrons. The number of nitrogens with two attached hydrogens (primary N) is 1. The summed E-state index contributed by atoms with van der Waals surface area (Å²) in [4.78, 5) is 14.7. The Balaban J connectivity index is 1.34. The van der Waals surface area contributed by atoms with Crippen LogP contribution in [0.2, 0.25) is 0 Å². The number of halogens is 1. The molecule has 34 heavy (non-hydrogen) atoms. The summed E-state index contributed by atoms with van der Waals surface area (Å²) in [6.07, 6.45) is 0. The molecule has 2 heterocycles. The first-order chi connectivity index (χ1) is 16.6. The summed E-state index contributed by atoms with van der Waals surface area (Å²) in [6, 6.07) is 18.8. The molecular weight excluding hydrogens is 498 g/mol. The normalized spacial score (nSPS) is 14.3. The third kappa shape index (κ3) is 4.91. The summed E-state index contributed by atoms with van der Waals surface area (Å²) in [5, 5.41) is 10.7. The Morgan fingerprint density at radius 3 is 2.56 bits per heavy atom. The van der Waals surface area contributed by atoms with E-state index >= 15 is 0 Å². The third-order valence-electron chi connectivity index (χ3n) is 5.78. The summed E-state index contributed by atoms with van der Waals surface area (Å²) in [5.41, 5.74) is 11.3. The number of anilines is 3. The highest BCUT2D eigenvalue weighted by atomic mass is 79.9. The fourth-order valence-electron chi connectivity index (χ4n) is 4.09. The lowest BCUT2D eigenvalue weighted by atomic mass is 9.98. The molecule has 0 saturated carbocycles. The predicted molar refractivity (Wildman–Crippen MR) is 137 cm³/mol. The largest absolute Gasteiger partial charge is 0.379 e. The second kappa shape index (κ2) is 9.84. The van der Waals surface area contributed by atoms with Crippen molar-refractivity contribution in [2.24, 2.45) is 0 Å². The molecule has 174 valence electrons. The fourth-order valence-corrected chi connectivity index (χ4v) is 4.49. The molecule has 0 aliphatic carbocycles. The van der Waals surface area contributed by atoms with Crippen molar-refractivity contribution in [3.63, 3.8) is 0 Å². The lowest BCUT2D eigenvalue weighted by molar-refractivity contribution is 0.0343. The average Bonchev–Trinajstić information content (AvgIpc) is 3.23. The van der Waals surface area contributed by atoms with Crippen LogP contribution < -0.4 is 16.4 Å². The third-order valence-corrected chi connectivity index (χ3v) is 6.27. The van der Waals surface area contributed by atoms with Crippen LogP contribution in [0.25, 0.3) is 22.0 Å². The molecule has 0 bridgehead atoms. The highest BCUT2D eigenvalue weighted by Gasteiger charge is 2.18. The Morgan fingerprint density at radius 2 is 1.79 bits per heavy atom. The van der Waals surface area contributed by atoms with Crippen LogP contribution >= 0.6 is 15.9 Å². The topological polar surface area (TPSA) is 106 Å². The number of nitrogens with zero attached hydrogens (tertiary/aromatic N) is 2. The van der Waals surface area contributed by atoms with Gasteiger partial charge < -0.3 is 25.6 Å². The van der Waals surface area contributed by atoms with Gasteiger partial charge in [-0.2, -0.15) is 0 Å². The number of carbonyl (C=O) groups is 1. The monoisotopic (exact) mass is 521 g/mol. The molecule has 1 aliphatic heterocycles. The maximum atomic E-state index is 12.3. The van der Waals surface area contributed by atoms with Gasteiger partial charge >= 0.3 is 6.03 Å². The minimum absolute atomic E-state index is 0.296. The van der Waals surface area contributed by atoms with Crippen LogP contribution in [0.5, 0.6) is 0 Å². The quantitative estimate of drug-likeness (QED) is 0.328. The standard InChI is InChI=1S/C25H24BrN5O3/c26-18-2-1-3-20(14-18)29-25(32)28-19-7-4-16(5-8-19)21-9-6-17(15-31-10-12-33-13-11-31)23-22(21)24(27)34-30-23/h1-9,14H,10-13,15,27H2,(H2,28,29,32). The first kappa shape index (κ1) is 22.4. The van der Waals surface area contributed by atoms with Crippen molar-refractivity contribution >= 4 is 50.1 Å². The van der Waals surface area contributed by atoms with Gasteiger partial charge in [0, 0.05) is 35.5 Å². The van der Waals surface area contributed by atoms with Crippen molar-refractivity contribution < 1.29 is 14.1 Å². The SMILES string of the molecule is Nc1onc2c(CN3CCOCC3)ccc(-c3ccc(NC(=O)Nc4cccc(Br)c4)cc3)c12. The predicted octanol–water partition coefficient (Wildman–Crippen LogP) is 5.32. The van der Waals surface area contributed by atoms with Gasteiger partial charge in [-0.3, -0.25) is 4.90 Å². The number of ether oxygens (including phenoxy) is 1. The highest BCUT2D eigenvalue weighted by molar-refractivity contribution is 9.10. The van der Waals surface area contributed by atoms with E-state index in [1.165, 1.54) is 0 Å². The Morgan fingerprint density at radius 1 is 1.03 bits per heavy atom. The fraction of sp³-hybridized carbons (Fsp3) is 0.200. The maximum Gasteiger partial charge on any atom is 0.323 e. The van der Waals surface area contributed by atoms with Gasteiger partial charge in [-0.05, 0) is 47.0 Å². The van der Waals surface area contributed by atoms with Gasteiger partial charge in [0.2, 0.25) is 5.88 Å². The molecule has 8 nitrogen and oxygen atoms in total. The summed E-state index contributed by atoms with van der Waals surface area (Å²) in [5.74, 6) is 0.296. The molecule has 1 fully saturated rings. The van der Waals surface area contributed by atoms with Gasteiger partial charge in [-0.1, -0.05) is 51.4 Å². The van der Waals surface area contributed by atoms with Crippen LogP contribution in [0.3, 0.4) is 0 Å². The van der Waals surface area contributed by atoms with Crippen molar-refractivity contribution in [3.8, 4) is 11.1 Å². The van der Waals surface area contributed by atoms with Crippen molar-refractivity contribution in [1.82, 2.24) is 10.1 Å². The van der Waals surface area contributed by atoms with E-state index in [1.54, 1.807) is 0 Å². The second-order valence-corrected chi connectivity index (χ2v) is 9.01. The molecule has 5 rings (SSSR count). The van der Waals surface area contributed by atoms with Gasteiger partial charge in [0.05, 0.1) is 18.6 Å². The van der Waals surface area contributed by atoms with Gasteiger partial charge in [0.15, 0.2) is 0 Å². The van der Waals surface area contributed by atoms with Gasteiger partial charge in [0.1, 0.15) is 5.52 Å². The summed E-state index contributed by atoms with van der Waals surface area (Å²) in [7, 11) is 0. The summed E-state index contributed by atoms with van der Waals surface area (Å²) < 4.78 is 11.7. The van der Waals surface area contributed by atoms with Crippen LogP contribution in [-0.4, -0.2) is 42.4 Å². The zero-order valence-corrected chi connectivity index (χ0v) is 20.0. The number of nitrogens with one attached hydrogen (secondary N) is 2. The van der Waals surface area contributed by atoms with E-state index in [9.17, 15) is 4.79 Å². The summed E-state index contributed by atoms with van der Waals surface area (Å²) in [6.45, 7) is 4.02. The van der Waals surface area contributed by atoms with E-state index in [-0.39, 0.29) is 6.03 Å². The maximum absolute atomic E-state index is 12.3. The molecule has 1 aliphatic rings. The van der Waals surface area contributed by atoms with Crippen LogP contribution in [0.15, 0.2) is 69.7 Å². The molecule has 9 heteroatoms. The Hall–Kier alpha value is -3.40. The van der Waals surface area contributed by atoms with Gasteiger partial charge in [-0.15, -0.1) is 0 Å². The number of rotatable bonds is 5. The number of amides is 2. The number of benzene rings is 3. The summed E-state index contributed by atoms with van der Waals surface area (Å²) >= 11 is 3.40. The van der Waals surface area contributed by atoms with Crippen LogP contribution in [0, 0.1) is 0 Å². The van der Waals surface area contributed by atoms with Gasteiger partial charge in [-0.25, -0.2) is 4.79 Å². The molecule has 2 amide bonds. The average molecular weight is 522 g/mol. The van der Waals surface area contributed by atoms with E-state index < -0.39 is 0 Å². The van der Waals surface area contributed by atoms with E-state index in [2.05, 4.69) is 42.7 Å². The minimum Gasteiger partial charge on any atom is -0.379 e. The van der Waals surface area contributed by atoms with E-state index in [4.69, 9.17) is 15.0 Å². The number of nitrogen functional groups attached to an aromatic ring is 1. The molecule has 0 spiro atoms. The zero-order chi connectivity index (χ0) is 23.5. The molecule has 0 unspecified atom stereocenters. The molecule has 4 aromatic rings. The molecule has 1 aromatic heterocycles. The molecule has 1 saturated heterocycles. The number of morpholine rings is 1. The van der Waals surface area contributed by atoms with Crippen molar-refractivity contribution in [2.45, 2.75) is 6.54 Å². The minimum atomic E-state index is -0.316. The zero-order valence-electron chi connectivity index (χ0n) is 18.4. The van der Waals surface area contributed by atoms with Crippen LogP contribution in [0.4, 0.5) is 22.1 Å². The molecular formula is C25H24BrN5O3. The van der Waals surface area contributed by atoms with E-state index in [0.717, 1.165) is 64.9 Å². The van der Waals surface area contributed by atoms with Crippen molar-refractivity contribution in [1.29, 1.82) is 0 Å². The molecule has 3 aromatic carbocycles. The van der Waals surface area contributed by atoms with Crippen LogP contribution in [0.1, 0.15) is 5.56 Å². The number of fused-ring (bicyclic) bond motifs is 1. The lowest BCUT2D eigenvalue weighted by Crippen LogP contribution is -2.35. The smallest absolute Gasteiger partial charge is 0.323 e. The Bertz CT molecular complexity index is 1320. The van der Waals surface area contributed by atoms with Crippen molar-refractivity contribution in [3.05, 3.63) is 70.7 Å². The first-order valence-electron chi connectivity index (χ1n) is 11.0. The Kier molecular flexibility index (Phi) is 6.48. The number of aromatic nitrogens is 1. The second-order valence-electron chi connectivity index (χ2n) is 8.10. The van der Waals surface area contributed by atoms with E-state index in [1.807, 2.05) is 54.6 Å². The number of hydrogen-bond donors (Lipinski definition) is 3. The highest BCUT2D eigenvalue weighted by Crippen LogP contribution is 2.35. The van der Waals surface area contributed by atoms with Crippen LogP contribution in [-0.2, 0) is 11.3 Å². The van der Waals surface area contributed by atoms with Crippen molar-refractivity contribution in [2.75, 3.05) is 42.7 Å². The lowest BCUT2D eigenvalue weighted by Gasteiger charge is -2.26. The molecule has 4 N–H and O–H groups in total. The number of hydrogen-bond acceptors (Lipinski definition) is 6. The van der Waals surface area contributed by atoms with Gasteiger partial charge in [0.25, 0.3) is 0 Å². The Labute approximate surface area is 205 Å².